The summed E-state index contributed by atoms with van der Waals surface area (Å²) in [6.07, 6.45) is 7.23. The third-order valence-electron chi connectivity index (χ3n) is 6.65. The molecule has 6 nitrogen and oxygen atoms in total. The van der Waals surface area contributed by atoms with Crippen LogP contribution in [0.25, 0.3) is 10.9 Å². The summed E-state index contributed by atoms with van der Waals surface area (Å²) in [6.45, 7) is 0.322. The van der Waals surface area contributed by atoms with Crippen molar-refractivity contribution in [3.63, 3.8) is 0 Å². The van der Waals surface area contributed by atoms with Crippen molar-refractivity contribution in [1.82, 2.24) is 9.66 Å². The Kier molecular flexibility index (Phi) is 8.10. The topological polar surface area (TPSA) is 65.7 Å². The van der Waals surface area contributed by atoms with Gasteiger partial charge >= 0.3 is 0 Å². The number of halogens is 2. The molecule has 4 aromatic rings. The summed E-state index contributed by atoms with van der Waals surface area (Å²) in [7, 11) is 1.60. The molecule has 3 aromatic carbocycles. The number of rotatable bonds is 7. The maximum atomic E-state index is 13.5. The maximum absolute atomic E-state index is 13.5. The summed E-state index contributed by atoms with van der Waals surface area (Å²) in [5.74, 6) is 2.17. The lowest BCUT2D eigenvalue weighted by Gasteiger charge is -2.22. The van der Waals surface area contributed by atoms with Gasteiger partial charge in [-0.25, -0.2) is 4.98 Å². The molecule has 0 unspecified atom stereocenters. The Morgan fingerprint density at radius 2 is 1.86 bits per heavy atom. The van der Waals surface area contributed by atoms with E-state index in [1.165, 1.54) is 11.1 Å². The Bertz CT molecular complexity index is 1510. The van der Waals surface area contributed by atoms with E-state index >= 15 is 0 Å². The van der Waals surface area contributed by atoms with Crippen molar-refractivity contribution in [3.8, 4) is 11.5 Å². The predicted octanol–water partition coefficient (Wildman–Crippen LogP) is 7.17. The van der Waals surface area contributed by atoms with E-state index in [4.69, 9.17) is 26.1 Å². The normalized spacial score (nSPS) is 14.4. The highest BCUT2D eigenvalue weighted by Gasteiger charge is 2.22. The van der Waals surface area contributed by atoms with E-state index in [0.717, 1.165) is 51.7 Å². The van der Waals surface area contributed by atoms with Crippen LogP contribution in [0.3, 0.4) is 0 Å². The van der Waals surface area contributed by atoms with Crippen LogP contribution < -0.4 is 15.0 Å². The van der Waals surface area contributed by atoms with Gasteiger partial charge in [-0.05, 0) is 71.3 Å². The van der Waals surface area contributed by atoms with Crippen molar-refractivity contribution in [1.29, 1.82) is 0 Å². The smallest absolute Gasteiger partial charge is 0.282 e. The Balaban J connectivity index is 1.49. The van der Waals surface area contributed by atoms with Gasteiger partial charge in [-0.2, -0.15) is 9.78 Å². The molecule has 8 heteroatoms. The third kappa shape index (κ3) is 5.67. The van der Waals surface area contributed by atoms with Crippen molar-refractivity contribution >= 4 is 51.3 Å². The van der Waals surface area contributed by atoms with E-state index < -0.39 is 0 Å². The molecule has 0 amide bonds. The first kappa shape index (κ1) is 25.7. The van der Waals surface area contributed by atoms with Gasteiger partial charge in [0.25, 0.3) is 5.56 Å². The average Bonchev–Trinajstić information content (AvgIpc) is 2.93. The number of hydrogen-bond donors (Lipinski definition) is 0. The molecule has 0 bridgehead atoms. The van der Waals surface area contributed by atoms with Crippen LogP contribution in [-0.2, 0) is 6.61 Å². The summed E-state index contributed by atoms with van der Waals surface area (Å²) in [5.41, 5.74) is 2.26. The summed E-state index contributed by atoms with van der Waals surface area (Å²) >= 11 is 8.50. The molecule has 5 rings (SSSR count). The van der Waals surface area contributed by atoms with Crippen LogP contribution in [0.15, 0.2) is 70.6 Å². The number of nitrogens with zero attached hydrogens (tertiary/aromatic N) is 3. The van der Waals surface area contributed by atoms with E-state index in [2.05, 4.69) is 27.7 Å². The molecule has 0 saturated heterocycles. The van der Waals surface area contributed by atoms with Gasteiger partial charge in [-0.15, -0.1) is 0 Å². The highest BCUT2D eigenvalue weighted by Crippen LogP contribution is 2.35. The van der Waals surface area contributed by atoms with E-state index in [-0.39, 0.29) is 11.5 Å². The van der Waals surface area contributed by atoms with Gasteiger partial charge in [0.1, 0.15) is 12.4 Å². The van der Waals surface area contributed by atoms with Crippen LogP contribution in [0, 0.1) is 3.57 Å². The van der Waals surface area contributed by atoms with Crippen LogP contribution in [0.5, 0.6) is 11.5 Å². The Morgan fingerprint density at radius 3 is 2.65 bits per heavy atom. The number of para-hydroxylation sites is 1. The van der Waals surface area contributed by atoms with Gasteiger partial charge in [0.2, 0.25) is 0 Å². The van der Waals surface area contributed by atoms with Gasteiger partial charge in [0.05, 0.1) is 27.8 Å². The molecule has 37 heavy (non-hydrogen) atoms. The molecule has 190 valence electrons. The lowest BCUT2D eigenvalue weighted by atomic mass is 9.88. The van der Waals surface area contributed by atoms with Crippen molar-refractivity contribution in [2.24, 2.45) is 5.10 Å². The van der Waals surface area contributed by atoms with E-state index in [1.54, 1.807) is 19.4 Å². The van der Waals surface area contributed by atoms with Crippen molar-refractivity contribution < 1.29 is 9.47 Å². The number of aromatic nitrogens is 2. The molecule has 1 aliphatic rings. The Labute approximate surface area is 234 Å². The molecule has 1 heterocycles. The average molecular weight is 628 g/mol. The second kappa shape index (κ2) is 11.6. The minimum Gasteiger partial charge on any atom is -0.493 e. The molecule has 1 saturated carbocycles. The van der Waals surface area contributed by atoms with Crippen LogP contribution >= 0.6 is 34.2 Å². The summed E-state index contributed by atoms with van der Waals surface area (Å²) in [5, 5.41) is 5.87. The van der Waals surface area contributed by atoms with Gasteiger partial charge in [0.15, 0.2) is 11.5 Å². The van der Waals surface area contributed by atoms with Crippen molar-refractivity contribution in [2.45, 2.75) is 44.6 Å². The van der Waals surface area contributed by atoms with E-state index in [0.29, 0.717) is 28.5 Å². The molecule has 0 spiro atoms. The lowest BCUT2D eigenvalue weighted by Crippen LogP contribution is -2.25. The highest BCUT2D eigenvalue weighted by atomic mass is 127. The third-order valence-corrected chi connectivity index (χ3v) is 7.82. The second-order valence-electron chi connectivity index (χ2n) is 9.10. The highest BCUT2D eigenvalue weighted by molar-refractivity contribution is 14.1. The molecular weight excluding hydrogens is 601 g/mol. The number of fused-ring (bicyclic) bond motifs is 1. The molecule has 0 radical (unpaired) electrons. The van der Waals surface area contributed by atoms with Gasteiger partial charge in [-0.3, -0.25) is 4.79 Å². The van der Waals surface area contributed by atoms with Crippen molar-refractivity contribution in [3.05, 3.63) is 96.6 Å². The molecule has 0 N–H and O–H groups in total. The molecule has 0 atom stereocenters. The number of hydrogen-bond acceptors (Lipinski definition) is 5. The fourth-order valence-electron chi connectivity index (χ4n) is 4.72. The first-order valence-electron chi connectivity index (χ1n) is 12.3. The van der Waals surface area contributed by atoms with Crippen LogP contribution in [0.2, 0.25) is 5.02 Å². The molecular formula is C29H27ClIN3O3. The van der Waals surface area contributed by atoms with Crippen LogP contribution in [0.1, 0.15) is 55.0 Å². The zero-order valence-corrected chi connectivity index (χ0v) is 23.4. The van der Waals surface area contributed by atoms with E-state index in [9.17, 15) is 4.79 Å². The summed E-state index contributed by atoms with van der Waals surface area (Å²) in [4.78, 5) is 18.3. The van der Waals surface area contributed by atoms with Gasteiger partial charge in [-0.1, -0.05) is 61.2 Å². The second-order valence-corrected chi connectivity index (χ2v) is 10.7. The lowest BCUT2D eigenvalue weighted by molar-refractivity contribution is 0.282. The standard InChI is InChI=1S/C29H27ClIN3O3/c1-36-26-16-19(15-24(31)27(26)37-18-21-11-5-7-13-23(21)30)17-32-34-28(20-9-3-2-4-10-20)33-25-14-8-6-12-22(25)29(34)35/h5-8,11-17,20H,2-4,9-10,18H2,1H3. The molecule has 1 fully saturated rings. The number of benzene rings is 3. The van der Waals surface area contributed by atoms with E-state index in [1.807, 2.05) is 54.6 Å². The zero-order chi connectivity index (χ0) is 25.8. The predicted molar refractivity (Wildman–Crippen MR) is 156 cm³/mol. The molecule has 1 aromatic heterocycles. The monoisotopic (exact) mass is 627 g/mol. The van der Waals surface area contributed by atoms with Crippen LogP contribution in [-0.4, -0.2) is 23.0 Å². The first-order chi connectivity index (χ1) is 18.0. The van der Waals surface area contributed by atoms with Gasteiger partial charge < -0.3 is 9.47 Å². The Hall–Kier alpha value is -2.91. The number of ether oxygens (including phenoxy) is 2. The minimum atomic E-state index is -0.149. The van der Waals surface area contributed by atoms with Gasteiger partial charge in [0, 0.05) is 16.5 Å². The maximum Gasteiger partial charge on any atom is 0.282 e. The SMILES string of the molecule is COc1cc(C=Nn2c(C3CCCCC3)nc3ccccc3c2=O)cc(I)c1OCc1ccccc1Cl. The molecule has 1 aliphatic carbocycles. The fourth-order valence-corrected chi connectivity index (χ4v) is 5.69. The quantitative estimate of drug-likeness (QED) is 0.161. The zero-order valence-electron chi connectivity index (χ0n) is 20.5. The Morgan fingerprint density at radius 1 is 1.11 bits per heavy atom. The molecule has 0 aliphatic heterocycles. The summed E-state index contributed by atoms with van der Waals surface area (Å²) in [6, 6.07) is 18.9. The fraction of sp³-hybridized carbons (Fsp3) is 0.276. The van der Waals surface area contributed by atoms with Crippen LogP contribution in [0.4, 0.5) is 0 Å². The first-order valence-corrected chi connectivity index (χ1v) is 13.8. The minimum absolute atomic E-state index is 0.149. The van der Waals surface area contributed by atoms with Crippen molar-refractivity contribution in [2.75, 3.05) is 7.11 Å². The largest absolute Gasteiger partial charge is 0.493 e. The summed E-state index contributed by atoms with van der Waals surface area (Å²) < 4.78 is 14.1. The number of methoxy groups -OCH3 is 1.